The molecule has 0 radical (unpaired) electrons. The molecule has 7 nitrogen and oxygen atoms in total. The van der Waals surface area contributed by atoms with E-state index in [4.69, 9.17) is 11.6 Å². The minimum absolute atomic E-state index is 0.209. The second-order valence-electron chi connectivity index (χ2n) is 4.26. The minimum Gasteiger partial charge on any atom is -0.358 e. The summed E-state index contributed by atoms with van der Waals surface area (Å²) in [4.78, 5) is 21.9. The Hall–Kier alpha value is -2.41. The van der Waals surface area contributed by atoms with Crippen LogP contribution in [0, 0.1) is 24.0 Å². The summed E-state index contributed by atoms with van der Waals surface area (Å²) in [6.45, 7) is 3.73. The molecular formula is C12H11ClN4O3. The molecule has 0 aliphatic carbocycles. The lowest BCUT2D eigenvalue weighted by molar-refractivity contribution is -0.389. The van der Waals surface area contributed by atoms with Crippen LogP contribution in [0.5, 0.6) is 0 Å². The molecule has 2 N–H and O–H groups in total. The van der Waals surface area contributed by atoms with Crippen LogP contribution in [0.25, 0.3) is 0 Å². The van der Waals surface area contributed by atoms with Crippen LogP contribution in [0.1, 0.15) is 21.6 Å². The summed E-state index contributed by atoms with van der Waals surface area (Å²) in [6, 6.07) is 5.57. The molecule has 0 saturated heterocycles. The quantitative estimate of drug-likeness (QED) is 0.671. The summed E-state index contributed by atoms with van der Waals surface area (Å²) < 4.78 is 0. The number of aryl methyl sites for hydroxylation is 2. The zero-order valence-electron chi connectivity index (χ0n) is 10.7. The molecule has 0 atom stereocenters. The van der Waals surface area contributed by atoms with E-state index in [1.807, 2.05) is 26.0 Å². The van der Waals surface area contributed by atoms with Gasteiger partial charge >= 0.3 is 5.82 Å². The van der Waals surface area contributed by atoms with E-state index in [1.54, 1.807) is 6.07 Å². The number of hydrogen-bond donors (Lipinski definition) is 2. The second kappa shape index (κ2) is 5.30. The number of anilines is 1. The third-order valence-electron chi connectivity index (χ3n) is 2.73. The lowest BCUT2D eigenvalue weighted by Gasteiger charge is -2.07. The zero-order chi connectivity index (χ0) is 14.9. The van der Waals surface area contributed by atoms with E-state index in [2.05, 4.69) is 15.5 Å². The number of carbonyl (C=O) groups is 1. The molecule has 8 heteroatoms. The summed E-state index contributed by atoms with van der Waals surface area (Å²) in [5, 5.41) is 18.7. The molecule has 1 heterocycles. The average Bonchev–Trinajstić information content (AvgIpc) is 2.76. The van der Waals surface area contributed by atoms with Crippen molar-refractivity contribution in [3.05, 3.63) is 50.2 Å². The van der Waals surface area contributed by atoms with Gasteiger partial charge < -0.3 is 15.4 Å². The molecule has 0 spiro atoms. The average molecular weight is 295 g/mol. The molecule has 1 aromatic carbocycles. The van der Waals surface area contributed by atoms with Gasteiger partial charge in [0.15, 0.2) is 10.7 Å². The molecule has 104 valence electrons. The topological polar surface area (TPSA) is 101 Å². The van der Waals surface area contributed by atoms with E-state index in [-0.39, 0.29) is 10.7 Å². The first-order valence-corrected chi connectivity index (χ1v) is 6.05. The molecule has 0 bridgehead atoms. The Balaban J connectivity index is 2.29. The highest BCUT2D eigenvalue weighted by Crippen LogP contribution is 2.26. The summed E-state index contributed by atoms with van der Waals surface area (Å²) >= 11 is 5.76. The van der Waals surface area contributed by atoms with Crippen molar-refractivity contribution in [3.8, 4) is 0 Å². The van der Waals surface area contributed by atoms with Crippen LogP contribution in [0.2, 0.25) is 5.02 Å². The van der Waals surface area contributed by atoms with Gasteiger partial charge in [0.2, 0.25) is 0 Å². The zero-order valence-corrected chi connectivity index (χ0v) is 11.5. The first-order valence-electron chi connectivity index (χ1n) is 5.67. The Morgan fingerprint density at radius 2 is 2.15 bits per heavy atom. The van der Waals surface area contributed by atoms with E-state index in [0.717, 1.165) is 11.1 Å². The number of nitro groups is 1. The van der Waals surface area contributed by atoms with Crippen LogP contribution in [-0.2, 0) is 0 Å². The summed E-state index contributed by atoms with van der Waals surface area (Å²) in [7, 11) is 0. The number of amides is 1. The van der Waals surface area contributed by atoms with E-state index in [9.17, 15) is 14.9 Å². The first kappa shape index (κ1) is 14.0. The van der Waals surface area contributed by atoms with Gasteiger partial charge in [0, 0.05) is 5.69 Å². The number of nitrogens with one attached hydrogen (secondary N) is 2. The molecule has 0 saturated carbocycles. The van der Waals surface area contributed by atoms with Gasteiger partial charge in [0.25, 0.3) is 5.91 Å². The Bertz CT molecular complexity index is 696. The van der Waals surface area contributed by atoms with Crippen molar-refractivity contribution in [2.24, 2.45) is 0 Å². The normalized spacial score (nSPS) is 10.3. The van der Waals surface area contributed by atoms with Gasteiger partial charge in [-0.1, -0.05) is 28.8 Å². The van der Waals surface area contributed by atoms with Crippen molar-refractivity contribution in [2.45, 2.75) is 13.8 Å². The smallest absolute Gasteiger partial charge is 0.358 e. The molecule has 2 rings (SSSR count). The molecule has 0 aliphatic rings. The minimum atomic E-state index is -0.732. The largest absolute Gasteiger partial charge is 0.362 e. The maximum Gasteiger partial charge on any atom is 0.362 e. The number of hydrogen-bond acceptors (Lipinski definition) is 4. The number of aromatic nitrogens is 2. The van der Waals surface area contributed by atoms with Gasteiger partial charge in [-0.25, -0.2) is 0 Å². The highest BCUT2D eigenvalue weighted by atomic mass is 35.5. The number of nitrogens with zero attached hydrogens (tertiary/aromatic N) is 2. The van der Waals surface area contributed by atoms with Crippen LogP contribution in [0.4, 0.5) is 11.5 Å². The molecule has 1 aromatic heterocycles. The highest BCUT2D eigenvalue weighted by molar-refractivity contribution is 6.35. The highest BCUT2D eigenvalue weighted by Gasteiger charge is 2.25. The monoisotopic (exact) mass is 294 g/mol. The van der Waals surface area contributed by atoms with E-state index < -0.39 is 16.6 Å². The predicted molar refractivity (Wildman–Crippen MR) is 74.1 cm³/mol. The van der Waals surface area contributed by atoms with Crippen LogP contribution >= 0.6 is 11.6 Å². The van der Waals surface area contributed by atoms with Crippen molar-refractivity contribution < 1.29 is 9.72 Å². The van der Waals surface area contributed by atoms with Crippen molar-refractivity contribution in [2.75, 3.05) is 5.32 Å². The number of benzene rings is 1. The van der Waals surface area contributed by atoms with Crippen LogP contribution in [0.3, 0.4) is 0 Å². The maximum atomic E-state index is 12.0. The molecule has 0 aliphatic heterocycles. The molecule has 20 heavy (non-hydrogen) atoms. The van der Waals surface area contributed by atoms with Gasteiger partial charge in [0.05, 0.1) is 0 Å². The van der Waals surface area contributed by atoms with Crippen LogP contribution in [0.15, 0.2) is 18.2 Å². The first-order chi connectivity index (χ1) is 9.40. The third kappa shape index (κ3) is 2.62. The number of aromatic amines is 1. The predicted octanol–water partition coefficient (Wildman–Crippen LogP) is 2.84. The molecule has 2 aromatic rings. The number of carbonyl (C=O) groups excluding carboxylic acids is 1. The van der Waals surface area contributed by atoms with Gasteiger partial charge in [-0.3, -0.25) is 4.79 Å². The van der Waals surface area contributed by atoms with E-state index >= 15 is 0 Å². The number of H-pyrrole nitrogens is 1. The molecular weight excluding hydrogens is 284 g/mol. The van der Waals surface area contributed by atoms with Gasteiger partial charge in [-0.05, 0) is 36.0 Å². The number of halogens is 1. The third-order valence-corrected chi connectivity index (χ3v) is 3.09. The SMILES string of the molecule is Cc1ccc(C)c(NC(=O)c2n[nH]c([N+](=O)[O-])c2Cl)c1. The van der Waals surface area contributed by atoms with Crippen LogP contribution < -0.4 is 5.32 Å². The fraction of sp³-hybridized carbons (Fsp3) is 0.167. The van der Waals surface area contributed by atoms with Gasteiger partial charge in [-0.2, -0.15) is 0 Å². The fourth-order valence-corrected chi connectivity index (χ4v) is 1.88. The standard InChI is InChI=1S/C12H11ClN4O3/c1-6-3-4-7(2)8(5-6)14-12(18)10-9(13)11(16-15-10)17(19)20/h3-5H,1-2H3,(H,14,18)(H,15,16). The molecule has 1 amide bonds. The van der Waals surface area contributed by atoms with Gasteiger partial charge in [0.1, 0.15) is 0 Å². The van der Waals surface area contributed by atoms with E-state index in [0.29, 0.717) is 5.69 Å². The Labute approximate surface area is 119 Å². The van der Waals surface area contributed by atoms with Crippen molar-refractivity contribution in [1.29, 1.82) is 0 Å². The maximum absolute atomic E-state index is 12.0. The van der Waals surface area contributed by atoms with Crippen molar-refractivity contribution in [1.82, 2.24) is 10.2 Å². The summed E-state index contributed by atoms with van der Waals surface area (Å²) in [5.74, 6) is -1.11. The number of rotatable bonds is 3. The second-order valence-corrected chi connectivity index (χ2v) is 4.64. The Morgan fingerprint density at radius 1 is 1.45 bits per heavy atom. The lowest BCUT2D eigenvalue weighted by Crippen LogP contribution is -2.14. The van der Waals surface area contributed by atoms with Gasteiger partial charge in [-0.15, -0.1) is 5.10 Å². The van der Waals surface area contributed by atoms with Crippen molar-refractivity contribution in [3.63, 3.8) is 0 Å². The van der Waals surface area contributed by atoms with Crippen molar-refractivity contribution >= 4 is 29.0 Å². The fourth-order valence-electron chi connectivity index (χ4n) is 1.64. The summed E-state index contributed by atoms with van der Waals surface area (Å²) in [6.07, 6.45) is 0. The molecule has 0 unspecified atom stereocenters. The Kier molecular flexibility index (Phi) is 3.71. The lowest BCUT2D eigenvalue weighted by atomic mass is 10.1. The molecule has 0 fully saturated rings. The Morgan fingerprint density at radius 3 is 2.75 bits per heavy atom. The summed E-state index contributed by atoms with van der Waals surface area (Å²) in [5.41, 5.74) is 2.24. The van der Waals surface area contributed by atoms with Crippen LogP contribution in [-0.4, -0.2) is 21.0 Å². The van der Waals surface area contributed by atoms with E-state index in [1.165, 1.54) is 0 Å².